The molecule has 0 aliphatic heterocycles. The normalized spacial score (nSPS) is 15.6. The van der Waals surface area contributed by atoms with Crippen molar-refractivity contribution in [1.29, 1.82) is 0 Å². The topological polar surface area (TPSA) is 59.8 Å². The SMILES string of the molecule is O=C(Nc1ccc(-n2ccnc2)nc1)C1CCCC1. The molecule has 3 rings (SSSR count). The highest BCUT2D eigenvalue weighted by Crippen LogP contribution is 2.25. The van der Waals surface area contributed by atoms with Crippen LogP contribution in [-0.2, 0) is 4.79 Å². The standard InChI is InChI=1S/C14H16N4O/c19-14(11-3-1-2-4-11)17-12-5-6-13(16-9-12)18-8-7-15-10-18/h5-11H,1-4H2,(H,17,19). The molecule has 1 aliphatic carbocycles. The van der Waals surface area contributed by atoms with Crippen molar-refractivity contribution in [2.45, 2.75) is 25.7 Å². The molecule has 2 heterocycles. The number of anilines is 1. The second-order valence-electron chi connectivity index (χ2n) is 4.85. The maximum Gasteiger partial charge on any atom is 0.227 e. The van der Waals surface area contributed by atoms with Crippen LogP contribution < -0.4 is 5.32 Å². The van der Waals surface area contributed by atoms with Crippen LogP contribution in [0.5, 0.6) is 0 Å². The van der Waals surface area contributed by atoms with Crippen LogP contribution in [0.15, 0.2) is 37.1 Å². The third kappa shape index (κ3) is 2.65. The van der Waals surface area contributed by atoms with Crippen LogP contribution in [-0.4, -0.2) is 20.4 Å². The third-order valence-electron chi connectivity index (χ3n) is 3.51. The molecule has 0 bridgehead atoms. The third-order valence-corrected chi connectivity index (χ3v) is 3.51. The Hall–Kier alpha value is -2.17. The van der Waals surface area contributed by atoms with Gasteiger partial charge in [-0.2, -0.15) is 0 Å². The fourth-order valence-corrected chi connectivity index (χ4v) is 2.44. The molecule has 5 heteroatoms. The molecule has 19 heavy (non-hydrogen) atoms. The van der Waals surface area contributed by atoms with Crippen molar-refractivity contribution in [3.63, 3.8) is 0 Å². The van der Waals surface area contributed by atoms with E-state index in [9.17, 15) is 4.79 Å². The van der Waals surface area contributed by atoms with E-state index in [1.165, 1.54) is 0 Å². The second-order valence-corrected chi connectivity index (χ2v) is 4.85. The van der Waals surface area contributed by atoms with Gasteiger partial charge in [0.1, 0.15) is 12.1 Å². The zero-order valence-corrected chi connectivity index (χ0v) is 10.6. The Morgan fingerprint density at radius 2 is 2.16 bits per heavy atom. The first-order valence-corrected chi connectivity index (χ1v) is 6.58. The van der Waals surface area contributed by atoms with E-state index in [0.717, 1.165) is 37.2 Å². The summed E-state index contributed by atoms with van der Waals surface area (Å²) < 4.78 is 1.82. The molecule has 0 spiro atoms. The van der Waals surface area contributed by atoms with Crippen LogP contribution in [0.25, 0.3) is 5.82 Å². The van der Waals surface area contributed by atoms with E-state index < -0.39 is 0 Å². The van der Waals surface area contributed by atoms with Gasteiger partial charge in [0, 0.05) is 18.3 Å². The lowest BCUT2D eigenvalue weighted by atomic mass is 10.1. The van der Waals surface area contributed by atoms with Crippen molar-refractivity contribution in [2.24, 2.45) is 5.92 Å². The first-order chi connectivity index (χ1) is 9.33. The van der Waals surface area contributed by atoms with E-state index >= 15 is 0 Å². The molecule has 0 radical (unpaired) electrons. The summed E-state index contributed by atoms with van der Waals surface area (Å²) in [6.07, 6.45) is 11.3. The minimum atomic E-state index is 0.120. The average Bonchev–Trinajstić information content (AvgIpc) is 3.13. The van der Waals surface area contributed by atoms with Crippen LogP contribution >= 0.6 is 0 Å². The maximum absolute atomic E-state index is 12.0. The minimum Gasteiger partial charge on any atom is -0.324 e. The zero-order valence-electron chi connectivity index (χ0n) is 10.6. The summed E-state index contributed by atoms with van der Waals surface area (Å²) in [6, 6.07) is 3.74. The highest BCUT2D eigenvalue weighted by Gasteiger charge is 2.22. The molecule has 1 N–H and O–H groups in total. The molecular weight excluding hydrogens is 240 g/mol. The lowest BCUT2D eigenvalue weighted by Gasteiger charge is -2.10. The molecule has 0 atom stereocenters. The first kappa shape index (κ1) is 11.9. The zero-order chi connectivity index (χ0) is 13.1. The van der Waals surface area contributed by atoms with Crippen molar-refractivity contribution in [1.82, 2.24) is 14.5 Å². The average molecular weight is 256 g/mol. The van der Waals surface area contributed by atoms with E-state index in [-0.39, 0.29) is 11.8 Å². The molecule has 5 nitrogen and oxygen atoms in total. The van der Waals surface area contributed by atoms with Gasteiger partial charge in [0.2, 0.25) is 5.91 Å². The van der Waals surface area contributed by atoms with E-state index in [1.54, 1.807) is 18.7 Å². The van der Waals surface area contributed by atoms with Crippen molar-refractivity contribution >= 4 is 11.6 Å². The Bertz CT molecular complexity index is 541. The molecule has 0 unspecified atom stereocenters. The Labute approximate surface area is 111 Å². The van der Waals surface area contributed by atoms with Crippen molar-refractivity contribution in [2.75, 3.05) is 5.32 Å². The number of rotatable bonds is 3. The van der Waals surface area contributed by atoms with Gasteiger partial charge in [-0.3, -0.25) is 9.36 Å². The number of amides is 1. The number of pyridine rings is 1. The number of carbonyl (C=O) groups is 1. The Balaban J connectivity index is 1.67. The molecule has 2 aromatic rings. The summed E-state index contributed by atoms with van der Waals surface area (Å²) in [5.74, 6) is 1.08. The predicted octanol–water partition coefficient (Wildman–Crippen LogP) is 2.40. The first-order valence-electron chi connectivity index (χ1n) is 6.58. The Morgan fingerprint density at radius 3 is 2.79 bits per heavy atom. The van der Waals surface area contributed by atoms with Gasteiger partial charge < -0.3 is 5.32 Å². The number of nitrogens with zero attached hydrogens (tertiary/aromatic N) is 3. The van der Waals surface area contributed by atoms with Gasteiger partial charge in [-0.1, -0.05) is 12.8 Å². The van der Waals surface area contributed by atoms with Crippen LogP contribution in [0.1, 0.15) is 25.7 Å². The van der Waals surface area contributed by atoms with Crippen LogP contribution in [0.3, 0.4) is 0 Å². The van der Waals surface area contributed by atoms with Crippen molar-refractivity contribution in [3.05, 3.63) is 37.1 Å². The lowest BCUT2D eigenvalue weighted by Crippen LogP contribution is -2.20. The number of hydrogen-bond donors (Lipinski definition) is 1. The predicted molar refractivity (Wildman–Crippen MR) is 71.9 cm³/mol. The number of hydrogen-bond acceptors (Lipinski definition) is 3. The summed E-state index contributed by atoms with van der Waals surface area (Å²) in [4.78, 5) is 20.3. The smallest absolute Gasteiger partial charge is 0.227 e. The molecule has 0 saturated heterocycles. The number of imidazole rings is 1. The lowest BCUT2D eigenvalue weighted by molar-refractivity contribution is -0.119. The molecule has 2 aromatic heterocycles. The van der Waals surface area contributed by atoms with Gasteiger partial charge in [0.05, 0.1) is 11.9 Å². The summed E-state index contributed by atoms with van der Waals surface area (Å²) in [5.41, 5.74) is 0.751. The molecule has 0 aromatic carbocycles. The van der Waals surface area contributed by atoms with Crippen molar-refractivity contribution in [3.8, 4) is 5.82 Å². The van der Waals surface area contributed by atoms with Gasteiger partial charge in [0.15, 0.2) is 0 Å². The largest absolute Gasteiger partial charge is 0.324 e. The monoisotopic (exact) mass is 256 g/mol. The molecule has 1 saturated carbocycles. The summed E-state index contributed by atoms with van der Waals surface area (Å²) >= 11 is 0. The fourth-order valence-electron chi connectivity index (χ4n) is 2.44. The maximum atomic E-state index is 12.0. The van der Waals surface area contributed by atoms with Gasteiger partial charge in [0.25, 0.3) is 0 Å². The molecule has 98 valence electrons. The van der Waals surface area contributed by atoms with E-state index in [1.807, 2.05) is 22.9 Å². The van der Waals surface area contributed by atoms with Crippen LogP contribution in [0.4, 0.5) is 5.69 Å². The summed E-state index contributed by atoms with van der Waals surface area (Å²) in [5, 5.41) is 2.93. The molecule has 1 fully saturated rings. The van der Waals surface area contributed by atoms with Gasteiger partial charge in [-0.05, 0) is 25.0 Å². The summed E-state index contributed by atoms with van der Waals surface area (Å²) in [7, 11) is 0. The Kier molecular flexibility index (Phi) is 3.27. The fraction of sp³-hybridized carbons (Fsp3) is 0.357. The van der Waals surface area contributed by atoms with E-state index in [4.69, 9.17) is 0 Å². The van der Waals surface area contributed by atoms with E-state index in [0.29, 0.717) is 0 Å². The Morgan fingerprint density at radius 1 is 1.32 bits per heavy atom. The summed E-state index contributed by atoms with van der Waals surface area (Å²) in [6.45, 7) is 0. The van der Waals surface area contributed by atoms with E-state index in [2.05, 4.69) is 15.3 Å². The highest BCUT2D eigenvalue weighted by atomic mass is 16.1. The van der Waals surface area contributed by atoms with Gasteiger partial charge >= 0.3 is 0 Å². The van der Waals surface area contributed by atoms with Crippen LogP contribution in [0.2, 0.25) is 0 Å². The van der Waals surface area contributed by atoms with Crippen molar-refractivity contribution < 1.29 is 4.79 Å². The molecule has 1 amide bonds. The highest BCUT2D eigenvalue weighted by molar-refractivity contribution is 5.92. The number of carbonyl (C=O) groups excluding carboxylic acids is 1. The quantitative estimate of drug-likeness (QED) is 0.917. The second kappa shape index (κ2) is 5.22. The number of nitrogens with one attached hydrogen (secondary N) is 1. The van der Waals surface area contributed by atoms with Gasteiger partial charge in [-0.25, -0.2) is 9.97 Å². The number of aromatic nitrogens is 3. The molecular formula is C14H16N4O. The minimum absolute atomic E-state index is 0.120. The van der Waals surface area contributed by atoms with Crippen LogP contribution in [0, 0.1) is 5.92 Å². The molecule has 1 aliphatic rings. The van der Waals surface area contributed by atoms with Gasteiger partial charge in [-0.15, -0.1) is 0 Å².